The molecule has 1 heterocycles. The van der Waals surface area contributed by atoms with Crippen LogP contribution in [0.4, 0.5) is 0 Å². The van der Waals surface area contributed by atoms with E-state index in [0.717, 1.165) is 36.8 Å². The van der Waals surface area contributed by atoms with Crippen LogP contribution in [0.5, 0.6) is 0 Å². The van der Waals surface area contributed by atoms with E-state index in [-0.39, 0.29) is 46.5 Å². The van der Waals surface area contributed by atoms with E-state index < -0.39 is 47.5 Å². The number of aliphatic carboxylic acids is 1. The van der Waals surface area contributed by atoms with Gasteiger partial charge in [0, 0.05) is 30.8 Å². The minimum absolute atomic E-state index is 0.00495. The fourth-order valence-corrected chi connectivity index (χ4v) is 12.3. The summed E-state index contributed by atoms with van der Waals surface area (Å²) in [5, 5.41) is 38.7. The highest BCUT2D eigenvalue weighted by Gasteiger charge is 2.82. The van der Waals surface area contributed by atoms with Crippen molar-refractivity contribution in [3.63, 3.8) is 0 Å². The van der Waals surface area contributed by atoms with Gasteiger partial charge in [-0.3, -0.25) is 14.4 Å². The quantitative estimate of drug-likeness (QED) is 0.109. The lowest BCUT2D eigenvalue weighted by Crippen LogP contribution is -2.79. The van der Waals surface area contributed by atoms with Crippen molar-refractivity contribution in [3.8, 4) is 0 Å². The highest BCUT2D eigenvalue weighted by molar-refractivity contribution is 5.98. The lowest BCUT2D eigenvalue weighted by Gasteiger charge is -2.80. The second kappa shape index (κ2) is 13.7. The summed E-state index contributed by atoms with van der Waals surface area (Å²) in [6, 6.07) is -2.30. The van der Waals surface area contributed by atoms with Gasteiger partial charge in [-0.05, 0) is 124 Å². The first-order chi connectivity index (χ1) is 24.4. The maximum atomic E-state index is 14.4. The van der Waals surface area contributed by atoms with Crippen LogP contribution in [0.1, 0.15) is 112 Å². The highest BCUT2D eigenvalue weighted by atomic mass is 16.5. The van der Waals surface area contributed by atoms with Crippen LogP contribution in [0.25, 0.3) is 0 Å². The average molecular weight is 723 g/mol. The predicted octanol–water partition coefficient (Wildman–Crippen LogP) is 4.38. The van der Waals surface area contributed by atoms with Crippen molar-refractivity contribution >= 4 is 23.8 Å². The molecule has 0 aliphatic heterocycles. The number of amides is 2. The molecule has 52 heavy (non-hydrogen) atoms. The zero-order valence-electron chi connectivity index (χ0n) is 31.8. The lowest BCUT2D eigenvalue weighted by molar-refractivity contribution is -0.360. The number of carboxylic acid groups (broad SMARTS) is 1. The molecule has 12 heteroatoms. The molecule has 0 radical (unpaired) electrons. The molecule has 12 nitrogen and oxygen atoms in total. The minimum atomic E-state index is -1.24. The molecule has 2 amide bonds. The van der Waals surface area contributed by atoms with Gasteiger partial charge in [0.05, 0.1) is 18.0 Å². The van der Waals surface area contributed by atoms with Crippen LogP contribution in [0.2, 0.25) is 0 Å². The summed E-state index contributed by atoms with van der Waals surface area (Å²) in [6.07, 6.45) is 9.97. The molecule has 6 N–H and O–H groups in total. The van der Waals surface area contributed by atoms with Crippen molar-refractivity contribution in [2.45, 2.75) is 143 Å². The summed E-state index contributed by atoms with van der Waals surface area (Å²) in [5.41, 5.74) is 1.16. The molecular weight excluding hydrogens is 664 g/mol. The minimum Gasteiger partial charge on any atom is -0.480 e. The number of hydrogen-bond acceptors (Lipinski definition) is 8. The number of hydrogen-bond donors (Lipinski definition) is 6. The third-order valence-corrected chi connectivity index (χ3v) is 14.3. The number of esters is 1. The molecule has 1 aromatic heterocycles. The third kappa shape index (κ3) is 6.21. The predicted molar refractivity (Wildman–Crippen MR) is 192 cm³/mol. The number of carbonyl (C=O) groups is 4. The molecule has 7 rings (SSSR count). The van der Waals surface area contributed by atoms with Crippen LogP contribution in [0.3, 0.4) is 0 Å². The molecule has 6 fully saturated rings. The lowest BCUT2D eigenvalue weighted by atomic mass is 9.25. The molecule has 1 spiro atoms. The Bertz CT molecular complexity index is 1650. The smallest absolute Gasteiger partial charge is 0.326 e. The monoisotopic (exact) mass is 722 g/mol. The summed E-state index contributed by atoms with van der Waals surface area (Å²) in [6.45, 7) is 13.6. The number of allylic oxidation sites excluding steroid dienone is 2. The number of rotatable bonds is 11. The van der Waals surface area contributed by atoms with Gasteiger partial charge in [-0.25, -0.2) is 9.78 Å². The van der Waals surface area contributed by atoms with E-state index >= 15 is 0 Å². The molecule has 2 bridgehead atoms. The molecule has 2 unspecified atom stereocenters. The Balaban J connectivity index is 1.34. The largest absolute Gasteiger partial charge is 0.480 e. The molecule has 0 saturated heterocycles. The van der Waals surface area contributed by atoms with Crippen LogP contribution in [-0.4, -0.2) is 78.9 Å². The second-order valence-corrected chi connectivity index (χ2v) is 17.6. The maximum absolute atomic E-state index is 14.4. The van der Waals surface area contributed by atoms with Crippen molar-refractivity contribution in [1.82, 2.24) is 20.6 Å². The summed E-state index contributed by atoms with van der Waals surface area (Å²) in [5.74, 6) is -2.49. The molecule has 6 saturated carbocycles. The fourth-order valence-electron chi connectivity index (χ4n) is 12.3. The SMILES string of the molecule is CC(=O)O[C@H]1C[C@@]2(C)[C@@H](C[C@@]3(O)C[C@@]24CC[C@H]2[C@H](C)[C@H](O)CC[C@]2(C)[C@H]34)/C1=C(\CCC=C(C)C)C(=O)NC(C)C(=O)NC(Cc1cnc[nH]1)C(=O)O. The number of nitrogens with one attached hydrogen (secondary N) is 3. The number of fused-ring (bicyclic) bond motifs is 1. The van der Waals surface area contributed by atoms with E-state index in [0.29, 0.717) is 49.3 Å². The number of aliphatic hydroxyl groups is 2. The molecule has 6 aliphatic rings. The average Bonchev–Trinajstić information content (AvgIpc) is 3.65. The van der Waals surface area contributed by atoms with Gasteiger partial charge < -0.3 is 35.7 Å². The van der Waals surface area contributed by atoms with Gasteiger partial charge in [-0.2, -0.15) is 0 Å². The van der Waals surface area contributed by atoms with Crippen molar-refractivity contribution in [2.24, 2.45) is 39.9 Å². The summed E-state index contributed by atoms with van der Waals surface area (Å²) in [4.78, 5) is 59.2. The van der Waals surface area contributed by atoms with Gasteiger partial charge in [0.2, 0.25) is 11.8 Å². The first kappa shape index (κ1) is 38.2. The number of aliphatic hydroxyl groups excluding tert-OH is 1. The molecule has 0 aromatic carbocycles. The van der Waals surface area contributed by atoms with E-state index in [4.69, 9.17) is 4.74 Å². The molecule has 1 aromatic rings. The Morgan fingerprint density at radius 2 is 1.85 bits per heavy atom. The zero-order chi connectivity index (χ0) is 38.0. The molecule has 6 aliphatic carbocycles. The molecule has 12 atom stereocenters. The topological polar surface area (TPSA) is 191 Å². The Morgan fingerprint density at radius 3 is 2.48 bits per heavy atom. The Kier molecular flexibility index (Phi) is 10.1. The second-order valence-electron chi connectivity index (χ2n) is 17.6. The van der Waals surface area contributed by atoms with Crippen molar-refractivity contribution < 1.29 is 39.2 Å². The number of ether oxygens (including phenoxy) is 1. The molecular formula is C40H58N4O8. The van der Waals surface area contributed by atoms with Gasteiger partial charge >= 0.3 is 11.9 Å². The molecule has 286 valence electrons. The van der Waals surface area contributed by atoms with E-state index in [1.807, 2.05) is 19.9 Å². The van der Waals surface area contributed by atoms with Gasteiger partial charge in [0.25, 0.3) is 0 Å². The van der Waals surface area contributed by atoms with E-state index in [9.17, 15) is 34.5 Å². The fraction of sp³-hybridized carbons (Fsp3) is 0.725. The summed E-state index contributed by atoms with van der Waals surface area (Å²) in [7, 11) is 0. The third-order valence-electron chi connectivity index (χ3n) is 14.3. The summed E-state index contributed by atoms with van der Waals surface area (Å²) >= 11 is 0. The van der Waals surface area contributed by atoms with E-state index in [2.05, 4.69) is 41.4 Å². The van der Waals surface area contributed by atoms with Gasteiger partial charge in [0.1, 0.15) is 18.2 Å². The Morgan fingerprint density at radius 1 is 1.12 bits per heavy atom. The highest BCUT2D eigenvalue weighted by Crippen LogP contribution is 2.84. The van der Waals surface area contributed by atoms with Crippen molar-refractivity contribution in [3.05, 3.63) is 41.0 Å². The Hall–Kier alpha value is -3.51. The Labute approximate surface area is 306 Å². The first-order valence-corrected chi connectivity index (χ1v) is 19.1. The van der Waals surface area contributed by atoms with Gasteiger partial charge in [0.15, 0.2) is 0 Å². The van der Waals surface area contributed by atoms with Crippen molar-refractivity contribution in [1.29, 1.82) is 0 Å². The van der Waals surface area contributed by atoms with Gasteiger partial charge in [-0.1, -0.05) is 32.4 Å². The number of H-pyrrole nitrogens is 1. The number of aromatic nitrogens is 2. The number of aromatic amines is 1. The number of carbonyl (C=O) groups excluding carboxylic acids is 3. The standard InChI is InChI=1S/C40H58N4O8/c1-21(2)9-8-10-26(34(48)43-23(4)33(47)44-29(35(49)50)15-25-18-41-20-42-25)32-28-16-40(51)19-39(38(28,7)17-31(32)52-24(5)45)14-11-27-22(3)30(46)12-13-37(27,6)36(39)40/h9,18,20,22-23,27-31,36,46,51H,8,10-17,19H2,1-7H3,(H,41,42)(H,43,48)(H,44,47)(H,49,50)/b32-26-/t22-,23?,27-,28-,29?,30+,31-,36-,37-,38-,39+,40+/m0/s1. The number of carboxylic acids is 1. The van der Waals surface area contributed by atoms with Crippen LogP contribution in [0.15, 0.2) is 35.3 Å². The number of nitrogens with zero attached hydrogens (tertiary/aromatic N) is 1. The van der Waals surface area contributed by atoms with Gasteiger partial charge in [-0.15, -0.1) is 0 Å². The zero-order valence-corrected chi connectivity index (χ0v) is 31.8. The maximum Gasteiger partial charge on any atom is 0.326 e. The number of imidazole rings is 1. The van der Waals surface area contributed by atoms with E-state index in [1.165, 1.54) is 26.4 Å². The van der Waals surface area contributed by atoms with Crippen LogP contribution in [0, 0.1) is 39.9 Å². The summed E-state index contributed by atoms with van der Waals surface area (Å²) < 4.78 is 6.10. The van der Waals surface area contributed by atoms with Crippen molar-refractivity contribution in [2.75, 3.05) is 0 Å². The normalized spacial score (nSPS) is 39.3. The van der Waals surface area contributed by atoms with Crippen LogP contribution >= 0.6 is 0 Å². The van der Waals surface area contributed by atoms with E-state index in [1.54, 1.807) is 0 Å². The van der Waals surface area contributed by atoms with Crippen LogP contribution in [-0.2, 0) is 30.3 Å². The van der Waals surface area contributed by atoms with Crippen LogP contribution < -0.4 is 10.6 Å². The first-order valence-electron chi connectivity index (χ1n) is 19.1.